The van der Waals surface area contributed by atoms with Crippen molar-refractivity contribution in [1.29, 1.82) is 0 Å². The van der Waals surface area contributed by atoms with Gasteiger partial charge in [0.05, 0.1) is 25.3 Å². The molecule has 6 nitrogen and oxygen atoms in total. The molecule has 5 rings (SSSR count). The molecule has 1 aliphatic carbocycles. The summed E-state index contributed by atoms with van der Waals surface area (Å²) in [5.74, 6) is 1.03. The summed E-state index contributed by atoms with van der Waals surface area (Å²) in [5, 5.41) is 6.77. The normalized spacial score (nSPS) is 12.5. The zero-order valence-corrected chi connectivity index (χ0v) is 19.0. The molecule has 1 aromatic heterocycles. The molecule has 2 N–H and O–H groups in total. The molecule has 0 unspecified atom stereocenters. The number of benzene rings is 3. The van der Waals surface area contributed by atoms with Crippen molar-refractivity contribution < 1.29 is 18.7 Å². The topological polar surface area (TPSA) is 72.7 Å². The fraction of sp³-hybridized carbons (Fsp3) is 0.222. The van der Waals surface area contributed by atoms with Crippen LogP contribution in [0.1, 0.15) is 23.1 Å². The second-order valence-electron chi connectivity index (χ2n) is 8.20. The van der Waals surface area contributed by atoms with Crippen molar-refractivity contribution in [3.8, 4) is 22.6 Å². The Hall–Kier alpha value is -3.93. The number of fused-ring (bicyclic) bond motifs is 2. The van der Waals surface area contributed by atoms with Crippen LogP contribution in [0, 0.1) is 6.92 Å². The predicted octanol–water partition coefficient (Wildman–Crippen LogP) is 6.56. The highest BCUT2D eigenvalue weighted by molar-refractivity contribution is 6.11. The molecule has 0 aliphatic heterocycles. The maximum Gasteiger partial charge on any atom is 0.324 e. The number of hydrogen-bond acceptors (Lipinski definition) is 4. The molecule has 4 aromatic rings. The molecule has 0 atom stereocenters. The van der Waals surface area contributed by atoms with Gasteiger partial charge in [0, 0.05) is 0 Å². The number of rotatable bonds is 5. The van der Waals surface area contributed by atoms with Crippen molar-refractivity contribution in [2.75, 3.05) is 24.9 Å². The van der Waals surface area contributed by atoms with Crippen molar-refractivity contribution in [3.63, 3.8) is 0 Å². The average molecular weight is 443 g/mol. The van der Waals surface area contributed by atoms with Crippen LogP contribution in [0.2, 0.25) is 0 Å². The minimum atomic E-state index is -0.406. The van der Waals surface area contributed by atoms with Gasteiger partial charge in [-0.05, 0) is 72.2 Å². The van der Waals surface area contributed by atoms with Gasteiger partial charge in [0.25, 0.3) is 0 Å². The number of hydrogen-bond donors (Lipinski definition) is 2. The minimum Gasteiger partial charge on any atom is -0.494 e. The number of carbonyl (C=O) groups is 1. The monoisotopic (exact) mass is 442 g/mol. The third-order valence-electron chi connectivity index (χ3n) is 6.27. The zero-order valence-electron chi connectivity index (χ0n) is 19.0. The Balaban J connectivity index is 1.57. The Bertz CT molecular complexity index is 1330. The Morgan fingerprint density at radius 1 is 0.970 bits per heavy atom. The summed E-state index contributed by atoms with van der Waals surface area (Å²) in [5.41, 5.74) is 8.04. The molecular formula is C27H26N2O4. The van der Waals surface area contributed by atoms with Crippen LogP contribution in [-0.4, -0.2) is 20.3 Å². The number of carbonyl (C=O) groups excluding carboxylic acids is 1. The smallest absolute Gasteiger partial charge is 0.324 e. The van der Waals surface area contributed by atoms with Crippen molar-refractivity contribution in [2.45, 2.75) is 26.2 Å². The van der Waals surface area contributed by atoms with E-state index in [-0.39, 0.29) is 0 Å². The van der Waals surface area contributed by atoms with Crippen LogP contribution in [0.25, 0.3) is 22.1 Å². The first-order chi connectivity index (χ1) is 16.1. The number of amides is 2. The third kappa shape index (κ3) is 3.67. The molecule has 1 aliphatic rings. The van der Waals surface area contributed by atoms with Gasteiger partial charge in [0.15, 0.2) is 0 Å². The summed E-state index contributed by atoms with van der Waals surface area (Å²) in [6.07, 6.45) is 4.80. The van der Waals surface area contributed by atoms with Crippen LogP contribution in [0.4, 0.5) is 16.2 Å². The fourth-order valence-corrected chi connectivity index (χ4v) is 4.74. The molecule has 168 valence electrons. The Labute approximate surface area is 192 Å². The number of urea groups is 1. The van der Waals surface area contributed by atoms with E-state index in [0.717, 1.165) is 41.4 Å². The molecule has 0 spiro atoms. The van der Waals surface area contributed by atoms with E-state index >= 15 is 0 Å². The zero-order chi connectivity index (χ0) is 22.9. The van der Waals surface area contributed by atoms with E-state index in [9.17, 15) is 4.79 Å². The molecule has 0 fully saturated rings. The highest BCUT2D eigenvalue weighted by Gasteiger charge is 2.24. The standard InChI is InChI=1S/C27H26N2O4/c1-16-8-4-5-10-18(16)24-19-11-6-9-17(19)14-23-25(24)20(15-33-23)28-27(30)29-26-21(31-2)12-7-13-22(26)32-3/h4-5,7-8,10,12-15H,6,9,11H2,1-3H3,(H2,28,29,30). The van der Waals surface area contributed by atoms with Crippen LogP contribution >= 0.6 is 0 Å². The largest absolute Gasteiger partial charge is 0.494 e. The molecule has 0 saturated carbocycles. The Morgan fingerprint density at radius 3 is 2.45 bits per heavy atom. The lowest BCUT2D eigenvalue weighted by Gasteiger charge is -2.16. The number of aryl methyl sites for hydroxylation is 2. The van der Waals surface area contributed by atoms with Crippen LogP contribution in [0.3, 0.4) is 0 Å². The van der Waals surface area contributed by atoms with Crippen LogP contribution < -0.4 is 20.1 Å². The predicted molar refractivity (Wildman–Crippen MR) is 131 cm³/mol. The van der Waals surface area contributed by atoms with Crippen LogP contribution in [0.15, 0.2) is 59.2 Å². The van der Waals surface area contributed by atoms with Crippen LogP contribution in [-0.2, 0) is 12.8 Å². The number of para-hydroxylation sites is 1. The lowest BCUT2D eigenvalue weighted by Crippen LogP contribution is -2.20. The van der Waals surface area contributed by atoms with Crippen molar-refractivity contribution >= 4 is 28.4 Å². The Morgan fingerprint density at radius 2 is 1.73 bits per heavy atom. The molecule has 0 saturated heterocycles. The second kappa shape index (κ2) is 8.54. The number of anilines is 2. The van der Waals surface area contributed by atoms with Crippen LogP contribution in [0.5, 0.6) is 11.5 Å². The van der Waals surface area contributed by atoms with Crippen molar-refractivity contribution in [3.05, 3.63) is 71.5 Å². The number of ether oxygens (including phenoxy) is 2. The molecule has 0 radical (unpaired) electrons. The van der Waals surface area contributed by atoms with Gasteiger partial charge in [-0.25, -0.2) is 4.79 Å². The van der Waals surface area contributed by atoms with E-state index < -0.39 is 6.03 Å². The van der Waals surface area contributed by atoms with E-state index in [0.29, 0.717) is 22.9 Å². The average Bonchev–Trinajstić information content (AvgIpc) is 3.45. The second-order valence-corrected chi connectivity index (χ2v) is 8.20. The SMILES string of the molecule is COc1cccc(OC)c1NC(=O)Nc1coc2cc3c(c(-c4ccccc4C)c12)CCC3. The number of furan rings is 1. The summed E-state index contributed by atoms with van der Waals surface area (Å²) >= 11 is 0. The quantitative estimate of drug-likeness (QED) is 0.367. The van der Waals surface area contributed by atoms with E-state index in [4.69, 9.17) is 13.9 Å². The van der Waals surface area contributed by atoms with Gasteiger partial charge in [-0.2, -0.15) is 0 Å². The first kappa shape index (κ1) is 20.9. The minimum absolute atomic E-state index is 0.406. The fourth-order valence-electron chi connectivity index (χ4n) is 4.74. The third-order valence-corrected chi connectivity index (χ3v) is 6.27. The number of nitrogens with one attached hydrogen (secondary N) is 2. The van der Waals surface area contributed by atoms with Gasteiger partial charge < -0.3 is 24.5 Å². The lowest BCUT2D eigenvalue weighted by atomic mass is 9.90. The maximum atomic E-state index is 13.0. The lowest BCUT2D eigenvalue weighted by molar-refractivity contribution is 0.262. The first-order valence-electron chi connectivity index (χ1n) is 11.0. The van der Waals surface area contributed by atoms with E-state index in [2.05, 4.69) is 41.8 Å². The molecule has 3 aromatic carbocycles. The highest BCUT2D eigenvalue weighted by Crippen LogP contribution is 2.44. The van der Waals surface area contributed by atoms with E-state index in [1.165, 1.54) is 16.7 Å². The number of methoxy groups -OCH3 is 2. The molecule has 1 heterocycles. The van der Waals surface area contributed by atoms with Gasteiger partial charge in [0.2, 0.25) is 0 Å². The highest BCUT2D eigenvalue weighted by atomic mass is 16.5. The van der Waals surface area contributed by atoms with E-state index in [1.807, 2.05) is 6.07 Å². The van der Waals surface area contributed by atoms with Gasteiger partial charge in [-0.3, -0.25) is 0 Å². The summed E-state index contributed by atoms with van der Waals surface area (Å²) in [4.78, 5) is 13.0. The van der Waals surface area contributed by atoms with Gasteiger partial charge in [0.1, 0.15) is 29.0 Å². The van der Waals surface area contributed by atoms with Crippen molar-refractivity contribution in [2.24, 2.45) is 0 Å². The van der Waals surface area contributed by atoms with Gasteiger partial charge in [-0.1, -0.05) is 30.3 Å². The first-order valence-corrected chi connectivity index (χ1v) is 11.0. The summed E-state index contributed by atoms with van der Waals surface area (Å²) in [6.45, 7) is 2.11. The molecule has 33 heavy (non-hydrogen) atoms. The van der Waals surface area contributed by atoms with Gasteiger partial charge in [-0.15, -0.1) is 0 Å². The van der Waals surface area contributed by atoms with Crippen molar-refractivity contribution in [1.82, 2.24) is 0 Å². The van der Waals surface area contributed by atoms with Gasteiger partial charge >= 0.3 is 6.03 Å². The van der Waals surface area contributed by atoms with E-state index in [1.54, 1.807) is 38.7 Å². The Kier molecular flexibility index (Phi) is 5.42. The molecular weight excluding hydrogens is 416 g/mol. The molecule has 6 heteroatoms. The molecule has 2 amide bonds. The molecule has 0 bridgehead atoms. The summed E-state index contributed by atoms with van der Waals surface area (Å²) in [6, 6.07) is 15.4. The summed E-state index contributed by atoms with van der Waals surface area (Å²) in [7, 11) is 3.10. The summed E-state index contributed by atoms with van der Waals surface area (Å²) < 4.78 is 16.7. The maximum absolute atomic E-state index is 13.0.